The van der Waals surface area contributed by atoms with Crippen LogP contribution in [0.1, 0.15) is 29.9 Å². The highest BCUT2D eigenvalue weighted by Crippen LogP contribution is 2.23. The Morgan fingerprint density at radius 1 is 1.55 bits per heavy atom. The second-order valence-corrected chi connectivity index (χ2v) is 3.57. The van der Waals surface area contributed by atoms with Gasteiger partial charge in [-0.2, -0.15) is 0 Å². The van der Waals surface area contributed by atoms with Crippen LogP contribution in [0, 0.1) is 6.92 Å². The predicted molar refractivity (Wildman–Crippen MR) is 53.1 cm³/mol. The minimum atomic E-state index is 1.15. The predicted octanol–water partition coefficient (Wildman–Crippen LogP) is 3.65. The first-order chi connectivity index (χ1) is 5.29. The zero-order chi connectivity index (χ0) is 8.27. The summed E-state index contributed by atoms with van der Waals surface area (Å²) in [5.74, 6) is 0. The van der Waals surface area contributed by atoms with E-state index in [1.807, 2.05) is 11.3 Å². The fraction of sp³-hybridized carbons (Fsp3) is 0.400. The Kier molecular flexibility index (Phi) is 2.89. The van der Waals surface area contributed by atoms with E-state index in [2.05, 4.69) is 38.3 Å². The average molecular weight is 166 g/mol. The van der Waals surface area contributed by atoms with Gasteiger partial charge in [-0.25, -0.2) is 0 Å². The molecule has 60 valence electrons. The lowest BCUT2D eigenvalue weighted by atomic mass is 10.1. The highest BCUT2D eigenvalue weighted by Gasteiger charge is 2.01. The molecule has 0 aromatic carbocycles. The molecule has 0 aliphatic rings. The molecular formula is C10H14S. The first-order valence-electron chi connectivity index (χ1n) is 3.99. The SMILES string of the molecule is C/C=C\c1c(C)csc1CC. The van der Waals surface area contributed by atoms with Gasteiger partial charge in [-0.05, 0) is 36.8 Å². The third-order valence-corrected chi connectivity index (χ3v) is 3.02. The Hall–Kier alpha value is -0.560. The molecule has 0 saturated carbocycles. The van der Waals surface area contributed by atoms with Crippen molar-refractivity contribution in [2.45, 2.75) is 27.2 Å². The van der Waals surface area contributed by atoms with E-state index in [0.29, 0.717) is 0 Å². The van der Waals surface area contributed by atoms with Gasteiger partial charge in [0.2, 0.25) is 0 Å². The minimum absolute atomic E-state index is 1.15. The molecule has 0 aliphatic carbocycles. The summed E-state index contributed by atoms with van der Waals surface area (Å²) in [6, 6.07) is 0. The van der Waals surface area contributed by atoms with Gasteiger partial charge in [0.1, 0.15) is 0 Å². The van der Waals surface area contributed by atoms with Crippen molar-refractivity contribution in [1.29, 1.82) is 0 Å². The van der Waals surface area contributed by atoms with Crippen LogP contribution >= 0.6 is 11.3 Å². The first-order valence-corrected chi connectivity index (χ1v) is 4.87. The summed E-state index contributed by atoms with van der Waals surface area (Å²) in [6.07, 6.45) is 5.46. The summed E-state index contributed by atoms with van der Waals surface area (Å²) in [5.41, 5.74) is 2.84. The van der Waals surface area contributed by atoms with Crippen molar-refractivity contribution >= 4 is 17.4 Å². The molecule has 0 atom stereocenters. The second kappa shape index (κ2) is 3.72. The van der Waals surface area contributed by atoms with E-state index in [1.165, 1.54) is 16.0 Å². The number of hydrogen-bond donors (Lipinski definition) is 0. The third-order valence-electron chi connectivity index (χ3n) is 1.76. The van der Waals surface area contributed by atoms with E-state index in [0.717, 1.165) is 6.42 Å². The van der Waals surface area contributed by atoms with Crippen molar-refractivity contribution in [3.63, 3.8) is 0 Å². The molecule has 0 N–H and O–H groups in total. The molecule has 0 amide bonds. The molecule has 0 spiro atoms. The molecule has 0 aliphatic heterocycles. The normalized spacial score (nSPS) is 11.2. The van der Waals surface area contributed by atoms with Crippen LogP contribution in [0.4, 0.5) is 0 Å². The van der Waals surface area contributed by atoms with Crippen molar-refractivity contribution in [3.8, 4) is 0 Å². The molecule has 1 aromatic heterocycles. The fourth-order valence-corrected chi connectivity index (χ4v) is 2.14. The third kappa shape index (κ3) is 1.72. The number of aryl methyl sites for hydroxylation is 2. The zero-order valence-corrected chi connectivity index (χ0v) is 8.16. The van der Waals surface area contributed by atoms with Crippen LogP contribution in [0.25, 0.3) is 6.08 Å². The van der Waals surface area contributed by atoms with Crippen molar-refractivity contribution in [2.75, 3.05) is 0 Å². The number of rotatable bonds is 2. The van der Waals surface area contributed by atoms with Crippen LogP contribution < -0.4 is 0 Å². The molecule has 0 saturated heterocycles. The summed E-state index contributed by atoms with van der Waals surface area (Å²) < 4.78 is 0. The monoisotopic (exact) mass is 166 g/mol. The Balaban J connectivity index is 3.07. The van der Waals surface area contributed by atoms with Gasteiger partial charge < -0.3 is 0 Å². The summed E-state index contributed by atoms with van der Waals surface area (Å²) in [5, 5.41) is 2.23. The molecule has 0 unspecified atom stereocenters. The molecule has 1 aromatic rings. The minimum Gasteiger partial charge on any atom is -0.148 e. The topological polar surface area (TPSA) is 0 Å². The second-order valence-electron chi connectivity index (χ2n) is 2.61. The van der Waals surface area contributed by atoms with Crippen molar-refractivity contribution in [3.05, 3.63) is 27.5 Å². The molecule has 0 radical (unpaired) electrons. The largest absolute Gasteiger partial charge is 0.148 e. The first kappa shape index (κ1) is 8.54. The van der Waals surface area contributed by atoms with Gasteiger partial charge in [0, 0.05) is 4.88 Å². The standard InChI is InChI=1S/C10H14S/c1-4-6-9-8(3)7-11-10(9)5-2/h4,6-7H,5H2,1-3H3/b6-4-. The molecular weight excluding hydrogens is 152 g/mol. The van der Waals surface area contributed by atoms with E-state index < -0.39 is 0 Å². The maximum atomic E-state index is 2.23. The maximum absolute atomic E-state index is 2.23. The van der Waals surface area contributed by atoms with Gasteiger partial charge in [-0.3, -0.25) is 0 Å². The highest BCUT2D eigenvalue weighted by molar-refractivity contribution is 7.10. The molecule has 1 heterocycles. The van der Waals surface area contributed by atoms with E-state index in [-0.39, 0.29) is 0 Å². The summed E-state index contributed by atoms with van der Waals surface area (Å²) in [4.78, 5) is 1.50. The molecule has 0 fully saturated rings. The molecule has 0 bridgehead atoms. The zero-order valence-electron chi connectivity index (χ0n) is 7.35. The van der Waals surface area contributed by atoms with Crippen LogP contribution in [0.2, 0.25) is 0 Å². The molecule has 0 nitrogen and oxygen atoms in total. The van der Waals surface area contributed by atoms with Crippen LogP contribution in [-0.2, 0) is 6.42 Å². The number of allylic oxidation sites excluding steroid dienone is 1. The quantitative estimate of drug-likeness (QED) is 0.629. The van der Waals surface area contributed by atoms with Crippen molar-refractivity contribution < 1.29 is 0 Å². The van der Waals surface area contributed by atoms with Crippen LogP contribution in [0.15, 0.2) is 11.5 Å². The Morgan fingerprint density at radius 3 is 2.82 bits per heavy atom. The lowest BCUT2D eigenvalue weighted by molar-refractivity contribution is 1.17. The van der Waals surface area contributed by atoms with E-state index >= 15 is 0 Å². The van der Waals surface area contributed by atoms with Gasteiger partial charge in [0.25, 0.3) is 0 Å². The van der Waals surface area contributed by atoms with Gasteiger partial charge in [0.05, 0.1) is 0 Å². The molecule has 1 rings (SSSR count). The Morgan fingerprint density at radius 2 is 2.27 bits per heavy atom. The number of thiophene rings is 1. The van der Waals surface area contributed by atoms with E-state index in [9.17, 15) is 0 Å². The summed E-state index contributed by atoms with van der Waals surface area (Å²) >= 11 is 1.86. The van der Waals surface area contributed by atoms with E-state index in [4.69, 9.17) is 0 Å². The van der Waals surface area contributed by atoms with Gasteiger partial charge in [-0.1, -0.05) is 19.1 Å². The average Bonchev–Trinajstić information content (AvgIpc) is 2.34. The van der Waals surface area contributed by atoms with Crippen molar-refractivity contribution in [1.82, 2.24) is 0 Å². The summed E-state index contributed by atoms with van der Waals surface area (Å²) in [7, 11) is 0. The lowest BCUT2D eigenvalue weighted by Crippen LogP contribution is -1.78. The van der Waals surface area contributed by atoms with Crippen LogP contribution in [0.5, 0.6) is 0 Å². The van der Waals surface area contributed by atoms with Gasteiger partial charge in [-0.15, -0.1) is 11.3 Å². The molecule has 1 heteroatoms. The Labute approximate surface area is 72.6 Å². The Bertz CT molecular complexity index is 256. The smallest absolute Gasteiger partial charge is 0.0117 e. The highest BCUT2D eigenvalue weighted by atomic mass is 32.1. The van der Waals surface area contributed by atoms with Gasteiger partial charge in [0.15, 0.2) is 0 Å². The van der Waals surface area contributed by atoms with Crippen molar-refractivity contribution in [2.24, 2.45) is 0 Å². The fourth-order valence-electron chi connectivity index (χ4n) is 1.17. The van der Waals surface area contributed by atoms with Gasteiger partial charge >= 0.3 is 0 Å². The van der Waals surface area contributed by atoms with Crippen LogP contribution in [0.3, 0.4) is 0 Å². The van der Waals surface area contributed by atoms with Crippen LogP contribution in [-0.4, -0.2) is 0 Å². The number of hydrogen-bond acceptors (Lipinski definition) is 1. The summed E-state index contributed by atoms with van der Waals surface area (Å²) in [6.45, 7) is 6.44. The maximum Gasteiger partial charge on any atom is 0.0117 e. The lowest BCUT2D eigenvalue weighted by Gasteiger charge is -1.94. The molecule has 11 heavy (non-hydrogen) atoms. The van der Waals surface area contributed by atoms with E-state index in [1.54, 1.807) is 0 Å².